The summed E-state index contributed by atoms with van der Waals surface area (Å²) < 4.78 is 38.0. The lowest BCUT2D eigenvalue weighted by Crippen LogP contribution is -2.41. The number of ether oxygens (including phenoxy) is 2. The lowest BCUT2D eigenvalue weighted by Gasteiger charge is -2.31. The van der Waals surface area contributed by atoms with Gasteiger partial charge in [0.2, 0.25) is 5.91 Å². The van der Waals surface area contributed by atoms with Crippen LogP contribution >= 0.6 is 11.3 Å². The first kappa shape index (κ1) is 19.5. The molecular weight excluding hydrogens is 378 g/mol. The fraction of sp³-hybridized carbons (Fsp3) is 0.500. The minimum absolute atomic E-state index is 0.0803. The Bertz CT molecular complexity index is 834. The van der Waals surface area contributed by atoms with Gasteiger partial charge in [-0.3, -0.25) is 9.59 Å². The van der Waals surface area contributed by atoms with Gasteiger partial charge in [0, 0.05) is 38.4 Å². The molecule has 6 nitrogen and oxygen atoms in total. The molecule has 2 heterocycles. The summed E-state index contributed by atoms with van der Waals surface area (Å²) in [5.41, 5.74) is 0.1000. The van der Waals surface area contributed by atoms with E-state index >= 15 is 0 Å². The van der Waals surface area contributed by atoms with E-state index in [4.69, 9.17) is 9.47 Å². The van der Waals surface area contributed by atoms with Crippen LogP contribution in [0.2, 0.25) is 0 Å². The number of nitrogens with zero attached hydrogens (tertiary/aromatic N) is 2. The number of amides is 1. The van der Waals surface area contributed by atoms with Crippen molar-refractivity contribution in [2.45, 2.75) is 38.7 Å². The summed E-state index contributed by atoms with van der Waals surface area (Å²) in [7, 11) is 0. The fourth-order valence-corrected chi connectivity index (χ4v) is 3.87. The highest BCUT2D eigenvalue weighted by Gasteiger charge is 2.25. The van der Waals surface area contributed by atoms with E-state index in [0.717, 1.165) is 17.4 Å². The van der Waals surface area contributed by atoms with Gasteiger partial charge < -0.3 is 14.4 Å². The maximum atomic E-state index is 13.7. The Morgan fingerprint density at radius 1 is 1.26 bits per heavy atom. The predicted octanol–water partition coefficient (Wildman–Crippen LogP) is 3.29. The summed E-state index contributed by atoms with van der Waals surface area (Å²) >= 11 is 1.10. The largest absolute Gasteiger partial charge is 0.467 e. The summed E-state index contributed by atoms with van der Waals surface area (Å²) in [6.45, 7) is 3.05. The zero-order valence-electron chi connectivity index (χ0n) is 14.9. The molecular formula is C18H20F2N2O4S. The number of aromatic nitrogens is 1. The van der Waals surface area contributed by atoms with Crippen molar-refractivity contribution in [2.75, 3.05) is 19.7 Å². The number of esters is 1. The number of hydrogen-bond donors (Lipinski definition) is 0. The quantitative estimate of drug-likeness (QED) is 0.699. The van der Waals surface area contributed by atoms with Crippen molar-refractivity contribution >= 4 is 33.4 Å². The van der Waals surface area contributed by atoms with Crippen molar-refractivity contribution in [3.05, 3.63) is 23.8 Å². The van der Waals surface area contributed by atoms with Gasteiger partial charge in [0.25, 0.3) is 5.19 Å². The number of likely N-dealkylation sites (tertiary alicyclic amines) is 1. The Morgan fingerprint density at radius 3 is 2.70 bits per heavy atom. The monoisotopic (exact) mass is 398 g/mol. The zero-order chi connectivity index (χ0) is 19.4. The Hall–Kier alpha value is -2.29. The van der Waals surface area contributed by atoms with Gasteiger partial charge >= 0.3 is 5.97 Å². The van der Waals surface area contributed by atoms with Gasteiger partial charge in [-0.05, 0) is 13.0 Å². The molecule has 0 spiro atoms. The molecule has 1 amide bonds. The first-order chi connectivity index (χ1) is 13.0. The molecule has 0 unspecified atom stereocenters. The molecule has 0 atom stereocenters. The second kappa shape index (κ2) is 8.60. The fourth-order valence-electron chi connectivity index (χ4n) is 2.95. The highest BCUT2D eigenvalue weighted by atomic mass is 32.1. The van der Waals surface area contributed by atoms with E-state index in [1.165, 1.54) is 6.07 Å². The van der Waals surface area contributed by atoms with Gasteiger partial charge in [-0.2, -0.15) is 4.98 Å². The summed E-state index contributed by atoms with van der Waals surface area (Å²) in [6.07, 6.45) is 1.28. The van der Waals surface area contributed by atoms with Crippen molar-refractivity contribution in [1.29, 1.82) is 0 Å². The number of carbonyl (C=O) groups is 2. The van der Waals surface area contributed by atoms with E-state index < -0.39 is 11.6 Å². The normalized spacial score (nSPS) is 15.1. The maximum Gasteiger partial charge on any atom is 0.306 e. The van der Waals surface area contributed by atoms with E-state index in [-0.39, 0.29) is 36.3 Å². The number of thiazole rings is 1. The third kappa shape index (κ3) is 4.91. The van der Waals surface area contributed by atoms with E-state index in [9.17, 15) is 18.4 Å². The van der Waals surface area contributed by atoms with Gasteiger partial charge in [0.1, 0.15) is 17.4 Å². The number of hydrogen-bond acceptors (Lipinski definition) is 6. The standard InChI is InChI=1S/C18H20F2N2O4S/c1-2-25-16(24)4-3-15(23)22-7-5-12(6-8-22)26-18-21-17-13(20)9-11(19)10-14(17)27-18/h9-10,12H,2-8H2,1H3. The Balaban J connectivity index is 1.50. The van der Waals surface area contributed by atoms with Crippen LogP contribution in [0, 0.1) is 11.6 Å². The van der Waals surface area contributed by atoms with Crippen molar-refractivity contribution in [3.63, 3.8) is 0 Å². The molecule has 0 bridgehead atoms. The average molecular weight is 398 g/mol. The third-order valence-corrected chi connectivity index (χ3v) is 5.20. The Labute approximate surface area is 159 Å². The number of piperidine rings is 1. The molecule has 0 saturated carbocycles. The molecule has 0 N–H and O–H groups in total. The summed E-state index contributed by atoms with van der Waals surface area (Å²) in [4.78, 5) is 29.3. The SMILES string of the molecule is CCOC(=O)CCC(=O)N1CCC(Oc2nc3c(F)cc(F)cc3s2)CC1. The molecule has 3 rings (SSSR count). The van der Waals surface area contributed by atoms with Gasteiger partial charge in [0.05, 0.1) is 17.7 Å². The topological polar surface area (TPSA) is 68.7 Å². The number of fused-ring (bicyclic) bond motifs is 1. The van der Waals surface area contributed by atoms with Gasteiger partial charge in [-0.15, -0.1) is 0 Å². The van der Waals surface area contributed by atoms with Gasteiger partial charge in [0.15, 0.2) is 5.82 Å². The molecule has 1 fully saturated rings. The van der Waals surface area contributed by atoms with Crippen LogP contribution in [0.4, 0.5) is 8.78 Å². The second-order valence-corrected chi connectivity index (χ2v) is 7.21. The van der Waals surface area contributed by atoms with Crippen LogP contribution in [0.15, 0.2) is 12.1 Å². The van der Waals surface area contributed by atoms with Crippen molar-refractivity contribution in [1.82, 2.24) is 9.88 Å². The lowest BCUT2D eigenvalue weighted by atomic mass is 10.1. The van der Waals surface area contributed by atoms with E-state index in [2.05, 4.69) is 4.98 Å². The third-order valence-electron chi connectivity index (χ3n) is 4.30. The smallest absolute Gasteiger partial charge is 0.306 e. The number of carbonyl (C=O) groups excluding carboxylic acids is 2. The molecule has 1 aliphatic rings. The van der Waals surface area contributed by atoms with Gasteiger partial charge in [-0.25, -0.2) is 8.78 Å². The Morgan fingerprint density at radius 2 is 2.00 bits per heavy atom. The molecule has 0 radical (unpaired) electrons. The number of halogens is 2. The highest BCUT2D eigenvalue weighted by Crippen LogP contribution is 2.32. The molecule has 27 heavy (non-hydrogen) atoms. The van der Waals surface area contributed by atoms with Crippen LogP contribution in [-0.2, 0) is 14.3 Å². The minimum Gasteiger partial charge on any atom is -0.467 e. The molecule has 1 aromatic heterocycles. The minimum atomic E-state index is -0.710. The van der Waals surface area contributed by atoms with Crippen molar-refractivity contribution in [3.8, 4) is 5.19 Å². The molecule has 1 saturated heterocycles. The van der Waals surface area contributed by atoms with Crippen LogP contribution in [0.1, 0.15) is 32.6 Å². The summed E-state index contributed by atoms with van der Waals surface area (Å²) in [5, 5.41) is 0.293. The molecule has 0 aliphatic carbocycles. The second-order valence-electron chi connectivity index (χ2n) is 6.22. The summed E-state index contributed by atoms with van der Waals surface area (Å²) in [6, 6.07) is 2.03. The predicted molar refractivity (Wildman–Crippen MR) is 95.6 cm³/mol. The van der Waals surface area contributed by atoms with E-state index in [1.807, 2.05) is 0 Å². The molecule has 1 aliphatic heterocycles. The van der Waals surface area contributed by atoms with Crippen LogP contribution in [0.3, 0.4) is 0 Å². The molecule has 9 heteroatoms. The molecule has 2 aromatic rings. The van der Waals surface area contributed by atoms with Crippen molar-refractivity contribution < 1.29 is 27.8 Å². The highest BCUT2D eigenvalue weighted by molar-refractivity contribution is 7.20. The van der Waals surface area contributed by atoms with Gasteiger partial charge in [-0.1, -0.05) is 11.3 Å². The summed E-state index contributed by atoms with van der Waals surface area (Å²) in [5.74, 6) is -1.81. The van der Waals surface area contributed by atoms with E-state index in [0.29, 0.717) is 42.4 Å². The lowest BCUT2D eigenvalue weighted by molar-refractivity contribution is -0.146. The number of rotatable bonds is 6. The van der Waals surface area contributed by atoms with Crippen LogP contribution in [0.5, 0.6) is 5.19 Å². The van der Waals surface area contributed by atoms with E-state index in [1.54, 1.807) is 11.8 Å². The van der Waals surface area contributed by atoms with Crippen molar-refractivity contribution in [2.24, 2.45) is 0 Å². The maximum absolute atomic E-state index is 13.7. The van der Waals surface area contributed by atoms with Crippen LogP contribution in [-0.4, -0.2) is 47.6 Å². The Kier molecular flexibility index (Phi) is 6.20. The first-order valence-corrected chi connectivity index (χ1v) is 9.63. The molecule has 1 aromatic carbocycles. The van der Waals surface area contributed by atoms with Crippen LogP contribution in [0.25, 0.3) is 10.2 Å². The first-order valence-electron chi connectivity index (χ1n) is 8.82. The zero-order valence-corrected chi connectivity index (χ0v) is 15.7. The average Bonchev–Trinajstić information content (AvgIpc) is 3.03. The molecule has 146 valence electrons. The number of benzene rings is 1. The van der Waals surface area contributed by atoms with Crippen LogP contribution < -0.4 is 4.74 Å².